The van der Waals surface area contributed by atoms with Gasteiger partial charge in [-0.25, -0.2) is 4.79 Å². The van der Waals surface area contributed by atoms with Gasteiger partial charge in [-0.1, -0.05) is 73.7 Å². The van der Waals surface area contributed by atoms with Crippen LogP contribution in [0, 0.1) is 13.8 Å². The Labute approximate surface area is 204 Å². The number of aryl methyl sites for hydroxylation is 3. The molecule has 2 heterocycles. The Hall–Kier alpha value is -4.19. The van der Waals surface area contributed by atoms with E-state index >= 15 is 0 Å². The average molecular weight is 466 g/mol. The van der Waals surface area contributed by atoms with Gasteiger partial charge in [0, 0.05) is 22.7 Å². The van der Waals surface area contributed by atoms with Gasteiger partial charge in [0.1, 0.15) is 0 Å². The van der Waals surface area contributed by atoms with Crippen LogP contribution in [0.15, 0.2) is 72.9 Å². The average Bonchev–Trinajstić information content (AvgIpc) is 3.41. The van der Waals surface area contributed by atoms with E-state index in [2.05, 4.69) is 17.2 Å². The highest BCUT2D eigenvalue weighted by Gasteiger charge is 2.54. The van der Waals surface area contributed by atoms with Crippen molar-refractivity contribution in [3.8, 4) is 0 Å². The predicted molar refractivity (Wildman–Crippen MR) is 135 cm³/mol. The summed E-state index contributed by atoms with van der Waals surface area (Å²) in [5.41, 5.74) is 4.51. The zero-order valence-electron chi connectivity index (χ0n) is 20.0. The second-order valence-electron chi connectivity index (χ2n) is 9.06. The molecule has 1 atom stereocenters. The molecule has 3 amide bonds. The number of amides is 3. The molecule has 0 bridgehead atoms. The van der Waals surface area contributed by atoms with Crippen LogP contribution in [0.1, 0.15) is 45.1 Å². The van der Waals surface area contributed by atoms with Gasteiger partial charge in [0.15, 0.2) is 11.3 Å². The molecule has 1 aliphatic rings. The lowest BCUT2D eigenvalue weighted by atomic mass is 9.81. The number of rotatable bonds is 6. The van der Waals surface area contributed by atoms with E-state index in [1.165, 1.54) is 0 Å². The SMILES string of the molecule is CCc1cccc2c(C(=O)CN3C(=O)NC(c4ccccc4)(c4ccc(C)c(C)c4)C3=O)c[nH]c12. The number of aromatic nitrogens is 1. The number of H-pyrrole nitrogens is 1. The van der Waals surface area contributed by atoms with Crippen molar-refractivity contribution in [2.24, 2.45) is 0 Å². The number of imide groups is 1. The van der Waals surface area contributed by atoms with Gasteiger partial charge in [-0.3, -0.25) is 14.5 Å². The van der Waals surface area contributed by atoms with Crippen molar-refractivity contribution in [3.63, 3.8) is 0 Å². The van der Waals surface area contributed by atoms with Gasteiger partial charge >= 0.3 is 6.03 Å². The van der Waals surface area contributed by atoms with Crippen molar-refractivity contribution in [2.45, 2.75) is 32.7 Å². The second kappa shape index (κ2) is 8.55. The van der Waals surface area contributed by atoms with E-state index in [9.17, 15) is 14.4 Å². The number of hydrogen-bond donors (Lipinski definition) is 2. The molecule has 4 aromatic rings. The van der Waals surface area contributed by atoms with E-state index < -0.39 is 17.5 Å². The summed E-state index contributed by atoms with van der Waals surface area (Å²) in [6.07, 6.45) is 2.49. The Balaban J connectivity index is 1.55. The summed E-state index contributed by atoms with van der Waals surface area (Å²) in [6, 6.07) is 20.2. The molecule has 2 N–H and O–H groups in total. The van der Waals surface area contributed by atoms with Crippen LogP contribution in [-0.4, -0.2) is 34.2 Å². The molecule has 5 rings (SSSR count). The molecule has 1 unspecified atom stereocenters. The minimum atomic E-state index is -1.40. The molecule has 3 aromatic carbocycles. The molecule has 176 valence electrons. The largest absolute Gasteiger partial charge is 0.360 e. The molecule has 0 radical (unpaired) electrons. The highest BCUT2D eigenvalue weighted by atomic mass is 16.2. The van der Waals surface area contributed by atoms with E-state index in [0.29, 0.717) is 16.7 Å². The molecule has 1 fully saturated rings. The number of hydrogen-bond acceptors (Lipinski definition) is 3. The molecule has 0 saturated carbocycles. The van der Waals surface area contributed by atoms with E-state index in [1.807, 2.05) is 80.6 Å². The van der Waals surface area contributed by atoms with Crippen molar-refractivity contribution in [1.82, 2.24) is 15.2 Å². The quantitative estimate of drug-likeness (QED) is 0.310. The van der Waals surface area contributed by atoms with Gasteiger partial charge < -0.3 is 10.3 Å². The van der Waals surface area contributed by atoms with E-state index in [-0.39, 0.29) is 12.3 Å². The minimum absolute atomic E-state index is 0.294. The van der Waals surface area contributed by atoms with Crippen LogP contribution in [0.4, 0.5) is 4.79 Å². The topological polar surface area (TPSA) is 82.3 Å². The highest BCUT2D eigenvalue weighted by molar-refractivity contribution is 6.15. The van der Waals surface area contributed by atoms with Crippen molar-refractivity contribution >= 4 is 28.6 Å². The molecule has 35 heavy (non-hydrogen) atoms. The zero-order chi connectivity index (χ0) is 24.7. The van der Waals surface area contributed by atoms with E-state index in [4.69, 9.17) is 0 Å². The molecule has 0 spiro atoms. The number of Topliss-reactive ketones (excluding diaryl/α,β-unsaturated/α-hetero) is 1. The molecular weight excluding hydrogens is 438 g/mol. The Morgan fingerprint density at radius 1 is 0.914 bits per heavy atom. The number of aromatic amines is 1. The van der Waals surface area contributed by atoms with Gasteiger partial charge in [-0.05, 0) is 48.1 Å². The highest BCUT2D eigenvalue weighted by Crippen LogP contribution is 2.37. The van der Waals surface area contributed by atoms with Crippen molar-refractivity contribution < 1.29 is 14.4 Å². The van der Waals surface area contributed by atoms with Gasteiger partial charge in [0.25, 0.3) is 5.91 Å². The third-order valence-corrected chi connectivity index (χ3v) is 7.04. The number of carbonyl (C=O) groups is 3. The lowest BCUT2D eigenvalue weighted by molar-refractivity contribution is -0.129. The second-order valence-corrected chi connectivity index (χ2v) is 9.06. The maximum Gasteiger partial charge on any atom is 0.325 e. The van der Waals surface area contributed by atoms with Gasteiger partial charge in [0.05, 0.1) is 6.54 Å². The summed E-state index contributed by atoms with van der Waals surface area (Å²) in [7, 11) is 0. The Bertz CT molecular complexity index is 1470. The number of carbonyl (C=O) groups excluding carboxylic acids is 3. The first kappa shape index (κ1) is 22.6. The Morgan fingerprint density at radius 3 is 2.40 bits per heavy atom. The van der Waals surface area contributed by atoms with Crippen LogP contribution in [0.25, 0.3) is 10.9 Å². The maximum atomic E-state index is 14.0. The number of ketones is 1. The first-order valence-corrected chi connectivity index (χ1v) is 11.8. The number of nitrogens with one attached hydrogen (secondary N) is 2. The fraction of sp³-hybridized carbons (Fsp3) is 0.207. The third-order valence-electron chi connectivity index (χ3n) is 7.04. The molecule has 6 heteroatoms. The molecular formula is C29H27N3O3. The predicted octanol–water partition coefficient (Wildman–Crippen LogP) is 5.03. The fourth-order valence-electron chi connectivity index (χ4n) is 4.91. The van der Waals surface area contributed by atoms with Gasteiger partial charge in [-0.15, -0.1) is 0 Å². The standard InChI is InChI=1S/C29H27N3O3/c1-4-20-9-8-12-23-24(16-30-26(20)23)25(33)17-32-27(34)29(31-28(32)35,21-10-6-5-7-11-21)22-14-13-18(2)19(3)15-22/h5-16,30H,4,17H2,1-3H3,(H,31,35). The lowest BCUT2D eigenvalue weighted by Crippen LogP contribution is -2.45. The monoisotopic (exact) mass is 465 g/mol. The lowest BCUT2D eigenvalue weighted by Gasteiger charge is -2.28. The number of para-hydroxylation sites is 1. The molecule has 6 nitrogen and oxygen atoms in total. The molecule has 1 saturated heterocycles. The maximum absolute atomic E-state index is 14.0. The van der Waals surface area contributed by atoms with Crippen LogP contribution >= 0.6 is 0 Å². The fourth-order valence-corrected chi connectivity index (χ4v) is 4.91. The van der Waals surface area contributed by atoms with E-state index in [0.717, 1.165) is 38.9 Å². The Kier molecular flexibility index (Phi) is 5.52. The van der Waals surface area contributed by atoms with Crippen LogP contribution in [0.3, 0.4) is 0 Å². The van der Waals surface area contributed by atoms with Crippen LogP contribution in [0.2, 0.25) is 0 Å². The summed E-state index contributed by atoms with van der Waals surface area (Å²) in [4.78, 5) is 44.8. The summed E-state index contributed by atoms with van der Waals surface area (Å²) < 4.78 is 0. The summed E-state index contributed by atoms with van der Waals surface area (Å²) in [6.45, 7) is 5.69. The van der Waals surface area contributed by atoms with E-state index in [1.54, 1.807) is 6.20 Å². The van der Waals surface area contributed by atoms with Crippen molar-refractivity contribution in [2.75, 3.05) is 6.54 Å². The first-order valence-electron chi connectivity index (χ1n) is 11.8. The number of benzene rings is 3. The first-order chi connectivity index (χ1) is 16.9. The number of nitrogens with zero attached hydrogens (tertiary/aromatic N) is 1. The smallest absolute Gasteiger partial charge is 0.325 e. The summed E-state index contributed by atoms with van der Waals surface area (Å²) in [5.74, 6) is -0.753. The van der Waals surface area contributed by atoms with Gasteiger partial charge in [-0.2, -0.15) is 0 Å². The van der Waals surface area contributed by atoms with Crippen molar-refractivity contribution in [1.29, 1.82) is 0 Å². The molecule has 1 aromatic heterocycles. The van der Waals surface area contributed by atoms with Crippen LogP contribution in [-0.2, 0) is 16.8 Å². The minimum Gasteiger partial charge on any atom is -0.360 e. The normalized spacial score (nSPS) is 17.7. The van der Waals surface area contributed by atoms with Crippen LogP contribution in [0.5, 0.6) is 0 Å². The Morgan fingerprint density at radius 2 is 1.69 bits per heavy atom. The number of urea groups is 1. The summed E-state index contributed by atoms with van der Waals surface area (Å²) >= 11 is 0. The van der Waals surface area contributed by atoms with Crippen LogP contribution < -0.4 is 5.32 Å². The molecule has 0 aliphatic carbocycles. The van der Waals surface area contributed by atoms with Crippen molar-refractivity contribution in [3.05, 3.63) is 106 Å². The molecule has 1 aliphatic heterocycles. The summed E-state index contributed by atoms with van der Waals surface area (Å²) in [5, 5.41) is 3.73. The third kappa shape index (κ3) is 3.53. The zero-order valence-corrected chi connectivity index (χ0v) is 20.0. The van der Waals surface area contributed by atoms with Gasteiger partial charge in [0.2, 0.25) is 0 Å². The number of fused-ring (bicyclic) bond motifs is 1.